The van der Waals surface area contributed by atoms with Crippen LogP contribution in [-0.4, -0.2) is 26.9 Å². The number of thioether (sulfide) groups is 1. The highest BCUT2D eigenvalue weighted by Crippen LogP contribution is 2.29. The fourth-order valence-corrected chi connectivity index (χ4v) is 4.70. The van der Waals surface area contributed by atoms with Gasteiger partial charge in [-0.25, -0.2) is 9.37 Å². The number of benzene rings is 2. The van der Waals surface area contributed by atoms with Crippen LogP contribution < -0.4 is 9.47 Å². The van der Waals surface area contributed by atoms with Crippen LogP contribution in [0.25, 0.3) is 16.5 Å². The van der Waals surface area contributed by atoms with Gasteiger partial charge < -0.3 is 13.9 Å². The summed E-state index contributed by atoms with van der Waals surface area (Å²) < 4.78 is 33.0. The topological polar surface area (TPSA) is 75.2 Å². The SMILES string of the molecule is COc1ccc(OCc2nnc(SCc3coc(-c4cccs4)n3)n2-c2ccccc2F)cc1. The van der Waals surface area contributed by atoms with E-state index in [1.165, 1.54) is 17.8 Å². The monoisotopic (exact) mass is 494 g/mol. The van der Waals surface area contributed by atoms with E-state index < -0.39 is 0 Å². The number of thiophene rings is 1. The molecule has 5 aromatic rings. The minimum Gasteiger partial charge on any atom is -0.497 e. The van der Waals surface area contributed by atoms with Crippen LogP contribution in [0.3, 0.4) is 0 Å². The van der Waals surface area contributed by atoms with E-state index in [2.05, 4.69) is 15.2 Å². The summed E-state index contributed by atoms with van der Waals surface area (Å²) in [4.78, 5) is 5.50. The molecule has 2 aromatic carbocycles. The number of hydrogen-bond donors (Lipinski definition) is 0. The summed E-state index contributed by atoms with van der Waals surface area (Å²) >= 11 is 2.96. The lowest BCUT2D eigenvalue weighted by molar-refractivity contribution is 0.292. The van der Waals surface area contributed by atoms with Crippen LogP contribution in [0, 0.1) is 5.82 Å². The smallest absolute Gasteiger partial charge is 0.236 e. The number of hydrogen-bond acceptors (Lipinski definition) is 8. The van der Waals surface area contributed by atoms with E-state index in [0.29, 0.717) is 34.1 Å². The Morgan fingerprint density at radius 1 is 1.03 bits per heavy atom. The molecule has 3 heterocycles. The maximum Gasteiger partial charge on any atom is 0.236 e. The number of oxazole rings is 1. The third kappa shape index (κ3) is 4.82. The highest BCUT2D eigenvalue weighted by Gasteiger charge is 2.19. The minimum absolute atomic E-state index is 0.112. The molecule has 10 heteroatoms. The van der Waals surface area contributed by atoms with Crippen molar-refractivity contribution in [3.63, 3.8) is 0 Å². The van der Waals surface area contributed by atoms with Crippen molar-refractivity contribution in [2.24, 2.45) is 0 Å². The second-order valence-electron chi connectivity index (χ2n) is 7.06. The van der Waals surface area contributed by atoms with Gasteiger partial charge in [-0.05, 0) is 47.8 Å². The highest BCUT2D eigenvalue weighted by atomic mass is 32.2. The third-order valence-corrected chi connectivity index (χ3v) is 6.67. The zero-order valence-electron chi connectivity index (χ0n) is 18.1. The molecule has 0 fully saturated rings. The summed E-state index contributed by atoms with van der Waals surface area (Å²) in [7, 11) is 1.61. The Morgan fingerprint density at radius 2 is 1.85 bits per heavy atom. The zero-order valence-corrected chi connectivity index (χ0v) is 19.7. The molecule has 3 aromatic heterocycles. The number of para-hydroxylation sites is 1. The van der Waals surface area contributed by atoms with Gasteiger partial charge in [0.25, 0.3) is 0 Å². The predicted octanol–water partition coefficient (Wildman–Crippen LogP) is 6.00. The van der Waals surface area contributed by atoms with Gasteiger partial charge in [0.2, 0.25) is 5.89 Å². The highest BCUT2D eigenvalue weighted by molar-refractivity contribution is 7.98. The summed E-state index contributed by atoms with van der Waals surface area (Å²) in [6.45, 7) is 0.112. The van der Waals surface area contributed by atoms with Crippen LogP contribution in [0.1, 0.15) is 11.5 Å². The molecule has 0 unspecified atom stereocenters. The van der Waals surface area contributed by atoms with E-state index in [4.69, 9.17) is 13.9 Å². The summed E-state index contributed by atoms with van der Waals surface area (Å²) in [5.74, 6) is 2.53. The van der Waals surface area contributed by atoms with E-state index in [0.717, 1.165) is 16.3 Å². The second-order valence-corrected chi connectivity index (χ2v) is 8.95. The van der Waals surface area contributed by atoms with Gasteiger partial charge in [-0.2, -0.15) is 0 Å². The molecule has 34 heavy (non-hydrogen) atoms. The Bertz CT molecular complexity index is 1370. The Hall–Kier alpha value is -3.63. The van der Waals surface area contributed by atoms with Crippen LogP contribution >= 0.6 is 23.1 Å². The average molecular weight is 495 g/mol. The molecular formula is C24H19FN4O3S2. The average Bonchev–Trinajstić information content (AvgIpc) is 3.63. The standard InChI is InChI=1S/C24H19FN4O3S2/c1-30-17-8-10-18(11-9-17)31-14-22-27-28-24(29(22)20-6-3-2-5-19(20)25)34-15-16-13-32-23(26-16)21-7-4-12-33-21/h2-13H,14-15H2,1H3. The maximum atomic E-state index is 14.7. The molecule has 0 bridgehead atoms. The first-order valence-electron chi connectivity index (χ1n) is 10.3. The lowest BCUT2D eigenvalue weighted by Crippen LogP contribution is -2.08. The first-order chi connectivity index (χ1) is 16.7. The number of rotatable bonds is 9. The molecular weight excluding hydrogens is 475 g/mol. The van der Waals surface area contributed by atoms with Gasteiger partial charge >= 0.3 is 0 Å². The first-order valence-corrected chi connectivity index (χ1v) is 12.1. The first kappa shape index (κ1) is 22.2. The van der Waals surface area contributed by atoms with E-state index in [-0.39, 0.29) is 12.4 Å². The van der Waals surface area contributed by atoms with Crippen molar-refractivity contribution >= 4 is 23.1 Å². The summed E-state index contributed by atoms with van der Waals surface area (Å²) in [5, 5.41) is 11.1. The van der Waals surface area contributed by atoms with Gasteiger partial charge in [-0.3, -0.25) is 4.57 Å². The minimum atomic E-state index is -0.378. The molecule has 7 nitrogen and oxygen atoms in total. The number of nitrogens with zero attached hydrogens (tertiary/aromatic N) is 4. The largest absolute Gasteiger partial charge is 0.497 e. The van der Waals surface area contributed by atoms with Crippen LogP contribution in [0.4, 0.5) is 4.39 Å². The van der Waals surface area contributed by atoms with Crippen molar-refractivity contribution in [1.29, 1.82) is 0 Å². The molecule has 0 aliphatic rings. The quantitative estimate of drug-likeness (QED) is 0.233. The van der Waals surface area contributed by atoms with Gasteiger partial charge in [0.05, 0.1) is 23.4 Å². The van der Waals surface area contributed by atoms with Gasteiger partial charge in [0.1, 0.15) is 30.2 Å². The second kappa shape index (κ2) is 10.1. The summed E-state index contributed by atoms with van der Waals surface area (Å²) in [6, 6.07) is 17.6. The lowest BCUT2D eigenvalue weighted by atomic mass is 10.3. The van der Waals surface area contributed by atoms with E-state index in [1.807, 2.05) is 17.5 Å². The van der Waals surface area contributed by atoms with Crippen LogP contribution in [0.5, 0.6) is 11.5 Å². The molecule has 0 aliphatic carbocycles. The van der Waals surface area contributed by atoms with Crippen molar-refractivity contribution in [3.05, 3.63) is 89.6 Å². The van der Waals surface area contributed by atoms with Crippen molar-refractivity contribution < 1.29 is 18.3 Å². The predicted molar refractivity (Wildman–Crippen MR) is 128 cm³/mol. The van der Waals surface area contributed by atoms with Crippen LogP contribution in [-0.2, 0) is 12.4 Å². The number of methoxy groups -OCH3 is 1. The Morgan fingerprint density at radius 3 is 2.62 bits per heavy atom. The summed E-state index contributed by atoms with van der Waals surface area (Å²) in [5.41, 5.74) is 1.11. The molecule has 0 spiro atoms. The zero-order chi connectivity index (χ0) is 23.3. The Balaban J connectivity index is 1.37. The van der Waals surface area contributed by atoms with E-state index in [9.17, 15) is 4.39 Å². The van der Waals surface area contributed by atoms with Gasteiger partial charge in [-0.1, -0.05) is 30.0 Å². The molecule has 0 amide bonds. The molecule has 0 aliphatic heterocycles. The molecule has 0 radical (unpaired) electrons. The molecule has 0 N–H and O–H groups in total. The fraction of sp³-hybridized carbons (Fsp3) is 0.125. The molecule has 0 saturated heterocycles. The van der Waals surface area contributed by atoms with Gasteiger partial charge in [0, 0.05) is 5.75 Å². The van der Waals surface area contributed by atoms with Crippen LogP contribution in [0.15, 0.2) is 81.9 Å². The van der Waals surface area contributed by atoms with Crippen molar-refractivity contribution in [3.8, 4) is 28.0 Å². The Kier molecular flexibility index (Phi) is 6.59. The van der Waals surface area contributed by atoms with Crippen molar-refractivity contribution in [2.45, 2.75) is 17.5 Å². The molecule has 0 atom stereocenters. The van der Waals surface area contributed by atoms with E-state index in [1.54, 1.807) is 71.7 Å². The van der Waals surface area contributed by atoms with E-state index >= 15 is 0 Å². The molecule has 5 rings (SSSR count). The maximum absolute atomic E-state index is 14.7. The molecule has 172 valence electrons. The third-order valence-electron chi connectivity index (χ3n) is 4.85. The normalized spacial score (nSPS) is 11.0. The van der Waals surface area contributed by atoms with Gasteiger partial charge in [0.15, 0.2) is 11.0 Å². The number of halogens is 1. The van der Waals surface area contributed by atoms with Crippen LogP contribution in [0.2, 0.25) is 0 Å². The number of ether oxygens (including phenoxy) is 2. The molecule has 0 saturated carbocycles. The Labute approximate surface area is 203 Å². The van der Waals surface area contributed by atoms with Gasteiger partial charge in [-0.15, -0.1) is 21.5 Å². The fourth-order valence-electron chi connectivity index (χ4n) is 3.21. The van der Waals surface area contributed by atoms with Crippen molar-refractivity contribution in [1.82, 2.24) is 19.7 Å². The summed E-state index contributed by atoms with van der Waals surface area (Å²) in [6.07, 6.45) is 1.62. The number of aromatic nitrogens is 4. The van der Waals surface area contributed by atoms with Crippen molar-refractivity contribution in [2.75, 3.05) is 7.11 Å². The lowest BCUT2D eigenvalue weighted by Gasteiger charge is -2.12.